The standard InChI is InChI=1S/C10H8ClF3O4/c11-7-2-1-5(3-6(7)9(16)17)18-4-8(15)10(12,13)14/h1-3,8,15H,4H2,(H,16,17). The summed E-state index contributed by atoms with van der Waals surface area (Å²) in [5.74, 6) is -1.46. The van der Waals surface area contributed by atoms with Crippen molar-refractivity contribution in [3.8, 4) is 5.75 Å². The number of benzene rings is 1. The predicted octanol–water partition coefficient (Wildman–Crippen LogP) is 2.34. The quantitative estimate of drug-likeness (QED) is 0.890. The number of carboxylic acid groups (broad SMARTS) is 1. The van der Waals surface area contributed by atoms with Crippen molar-refractivity contribution in [1.82, 2.24) is 0 Å². The molecule has 1 atom stereocenters. The van der Waals surface area contributed by atoms with Gasteiger partial charge in [-0.2, -0.15) is 13.2 Å². The predicted molar refractivity (Wildman–Crippen MR) is 56.0 cm³/mol. The fourth-order valence-electron chi connectivity index (χ4n) is 1.03. The van der Waals surface area contributed by atoms with Gasteiger partial charge < -0.3 is 14.9 Å². The van der Waals surface area contributed by atoms with E-state index in [4.69, 9.17) is 21.8 Å². The van der Waals surface area contributed by atoms with Crippen LogP contribution in [0.25, 0.3) is 0 Å². The molecule has 0 aliphatic carbocycles. The molecule has 1 unspecified atom stereocenters. The number of ether oxygens (including phenoxy) is 1. The average Bonchev–Trinajstić information content (AvgIpc) is 2.25. The van der Waals surface area contributed by atoms with Gasteiger partial charge in [-0.05, 0) is 18.2 Å². The smallest absolute Gasteiger partial charge is 0.417 e. The number of hydrogen-bond donors (Lipinski definition) is 2. The highest BCUT2D eigenvalue weighted by atomic mass is 35.5. The van der Waals surface area contributed by atoms with Crippen molar-refractivity contribution in [3.63, 3.8) is 0 Å². The van der Waals surface area contributed by atoms with Crippen molar-refractivity contribution < 1.29 is 32.9 Å². The van der Waals surface area contributed by atoms with E-state index >= 15 is 0 Å². The van der Waals surface area contributed by atoms with Gasteiger partial charge in [0.2, 0.25) is 0 Å². The molecule has 0 aromatic heterocycles. The largest absolute Gasteiger partial charge is 0.490 e. The van der Waals surface area contributed by atoms with Gasteiger partial charge in [0.1, 0.15) is 12.4 Å². The fraction of sp³-hybridized carbons (Fsp3) is 0.300. The van der Waals surface area contributed by atoms with Crippen LogP contribution in [0.2, 0.25) is 5.02 Å². The summed E-state index contributed by atoms with van der Waals surface area (Å²) in [6.07, 6.45) is -7.43. The number of alkyl halides is 3. The first-order valence-electron chi connectivity index (χ1n) is 4.62. The molecule has 0 radical (unpaired) electrons. The Hall–Kier alpha value is -1.47. The van der Waals surface area contributed by atoms with Crippen LogP contribution in [0.4, 0.5) is 13.2 Å². The minimum absolute atomic E-state index is 0.0637. The molecule has 0 bridgehead atoms. The summed E-state index contributed by atoms with van der Waals surface area (Å²) >= 11 is 5.56. The number of aliphatic hydroxyl groups excluding tert-OH is 1. The third kappa shape index (κ3) is 3.78. The minimum Gasteiger partial charge on any atom is -0.490 e. The summed E-state index contributed by atoms with van der Waals surface area (Å²) in [5, 5.41) is 17.4. The van der Waals surface area contributed by atoms with Crippen LogP contribution in [-0.4, -0.2) is 35.1 Å². The highest BCUT2D eigenvalue weighted by Crippen LogP contribution is 2.24. The molecule has 0 saturated carbocycles. The first-order chi connectivity index (χ1) is 8.21. The molecular formula is C10H8ClF3O4. The molecule has 8 heteroatoms. The van der Waals surface area contributed by atoms with Crippen molar-refractivity contribution in [2.75, 3.05) is 6.61 Å². The molecule has 0 aliphatic rings. The van der Waals surface area contributed by atoms with E-state index in [0.717, 1.165) is 6.07 Å². The Morgan fingerprint density at radius 2 is 2.06 bits per heavy atom. The number of carboxylic acids is 1. The minimum atomic E-state index is -4.79. The molecule has 18 heavy (non-hydrogen) atoms. The number of carbonyl (C=O) groups is 1. The van der Waals surface area contributed by atoms with E-state index in [0.29, 0.717) is 0 Å². The zero-order valence-electron chi connectivity index (χ0n) is 8.74. The van der Waals surface area contributed by atoms with Gasteiger partial charge >= 0.3 is 12.1 Å². The van der Waals surface area contributed by atoms with Crippen molar-refractivity contribution in [2.45, 2.75) is 12.3 Å². The summed E-state index contributed by atoms with van der Waals surface area (Å²) in [6.45, 7) is -1.02. The normalized spacial score (nSPS) is 13.2. The van der Waals surface area contributed by atoms with Crippen molar-refractivity contribution >= 4 is 17.6 Å². The Kier molecular flexibility index (Phi) is 4.42. The molecule has 0 fully saturated rings. The van der Waals surface area contributed by atoms with Gasteiger partial charge in [0.25, 0.3) is 0 Å². The van der Waals surface area contributed by atoms with Crippen LogP contribution in [-0.2, 0) is 0 Å². The topological polar surface area (TPSA) is 66.8 Å². The molecule has 1 rings (SSSR count). The van der Waals surface area contributed by atoms with Gasteiger partial charge in [-0.25, -0.2) is 4.79 Å². The molecule has 0 heterocycles. The van der Waals surface area contributed by atoms with Crippen molar-refractivity contribution in [1.29, 1.82) is 0 Å². The maximum atomic E-state index is 12.0. The third-order valence-electron chi connectivity index (χ3n) is 1.95. The number of halogens is 4. The Morgan fingerprint density at radius 3 is 2.56 bits per heavy atom. The molecule has 0 amide bonds. The van der Waals surface area contributed by atoms with Gasteiger partial charge in [0.05, 0.1) is 10.6 Å². The molecule has 0 spiro atoms. The Balaban J connectivity index is 2.75. The van der Waals surface area contributed by atoms with Crippen LogP contribution < -0.4 is 4.74 Å². The lowest BCUT2D eigenvalue weighted by Gasteiger charge is -2.15. The average molecular weight is 285 g/mol. The lowest BCUT2D eigenvalue weighted by molar-refractivity contribution is -0.210. The second-order valence-corrected chi connectivity index (χ2v) is 3.72. The molecule has 4 nitrogen and oxygen atoms in total. The van der Waals surface area contributed by atoms with E-state index in [1.165, 1.54) is 12.1 Å². The summed E-state index contributed by atoms with van der Waals surface area (Å²) in [7, 11) is 0. The zero-order chi connectivity index (χ0) is 13.9. The van der Waals surface area contributed by atoms with Crippen LogP contribution in [0.5, 0.6) is 5.75 Å². The van der Waals surface area contributed by atoms with Crippen LogP contribution >= 0.6 is 11.6 Å². The summed E-state index contributed by atoms with van der Waals surface area (Å²) in [4.78, 5) is 10.7. The second-order valence-electron chi connectivity index (χ2n) is 3.32. The molecule has 0 aliphatic heterocycles. The molecular weight excluding hydrogens is 277 g/mol. The molecule has 1 aromatic carbocycles. The van der Waals surface area contributed by atoms with E-state index < -0.39 is 24.9 Å². The van der Waals surface area contributed by atoms with Gasteiger partial charge in [-0.15, -0.1) is 0 Å². The SMILES string of the molecule is O=C(O)c1cc(OCC(O)C(F)(F)F)ccc1Cl. The van der Waals surface area contributed by atoms with Gasteiger partial charge in [-0.1, -0.05) is 11.6 Å². The number of aliphatic hydroxyl groups is 1. The monoisotopic (exact) mass is 284 g/mol. The van der Waals surface area contributed by atoms with E-state index in [2.05, 4.69) is 4.74 Å². The van der Waals surface area contributed by atoms with E-state index in [1.807, 2.05) is 0 Å². The maximum absolute atomic E-state index is 12.0. The van der Waals surface area contributed by atoms with Gasteiger partial charge in [-0.3, -0.25) is 0 Å². The number of aromatic carboxylic acids is 1. The Labute approximate surface area is 105 Å². The fourth-order valence-corrected chi connectivity index (χ4v) is 1.23. The highest BCUT2D eigenvalue weighted by molar-refractivity contribution is 6.33. The molecule has 0 saturated heterocycles. The highest BCUT2D eigenvalue weighted by Gasteiger charge is 2.38. The molecule has 1 aromatic rings. The molecule has 2 N–H and O–H groups in total. The molecule has 100 valence electrons. The first kappa shape index (κ1) is 14.6. The van der Waals surface area contributed by atoms with Crippen molar-refractivity contribution in [2.24, 2.45) is 0 Å². The van der Waals surface area contributed by atoms with E-state index in [-0.39, 0.29) is 16.3 Å². The van der Waals surface area contributed by atoms with Crippen LogP contribution in [0, 0.1) is 0 Å². The Morgan fingerprint density at radius 1 is 1.44 bits per heavy atom. The number of hydrogen-bond acceptors (Lipinski definition) is 3. The summed E-state index contributed by atoms with van der Waals surface area (Å²) in [6, 6.07) is 3.37. The zero-order valence-corrected chi connectivity index (χ0v) is 9.50. The van der Waals surface area contributed by atoms with Crippen molar-refractivity contribution in [3.05, 3.63) is 28.8 Å². The number of rotatable bonds is 4. The van der Waals surface area contributed by atoms with Crippen LogP contribution in [0.3, 0.4) is 0 Å². The summed E-state index contributed by atoms with van der Waals surface area (Å²) < 4.78 is 40.6. The second kappa shape index (κ2) is 5.45. The lowest BCUT2D eigenvalue weighted by atomic mass is 10.2. The maximum Gasteiger partial charge on any atom is 0.417 e. The van der Waals surface area contributed by atoms with Crippen LogP contribution in [0.1, 0.15) is 10.4 Å². The Bertz CT molecular complexity index is 447. The van der Waals surface area contributed by atoms with E-state index in [1.54, 1.807) is 0 Å². The van der Waals surface area contributed by atoms with Crippen LogP contribution in [0.15, 0.2) is 18.2 Å². The van der Waals surface area contributed by atoms with Gasteiger partial charge in [0, 0.05) is 0 Å². The first-order valence-corrected chi connectivity index (χ1v) is 5.00. The summed E-state index contributed by atoms with van der Waals surface area (Å²) in [5.41, 5.74) is -0.296. The van der Waals surface area contributed by atoms with Gasteiger partial charge in [0.15, 0.2) is 6.10 Å². The van der Waals surface area contributed by atoms with E-state index in [9.17, 15) is 18.0 Å². The third-order valence-corrected chi connectivity index (χ3v) is 2.28. The lowest BCUT2D eigenvalue weighted by Crippen LogP contribution is -2.34.